The van der Waals surface area contributed by atoms with Crippen LogP contribution in [-0.2, 0) is 4.74 Å². The summed E-state index contributed by atoms with van der Waals surface area (Å²) in [6, 6.07) is 1.23. The molecule has 7 nitrogen and oxygen atoms in total. The molecule has 2 aromatic heterocycles. The maximum Gasteiger partial charge on any atom is 0.410 e. The van der Waals surface area contributed by atoms with Crippen molar-refractivity contribution in [3.8, 4) is 11.3 Å². The first-order valence-corrected chi connectivity index (χ1v) is 9.19. The van der Waals surface area contributed by atoms with Crippen LogP contribution in [0.25, 0.3) is 11.3 Å². The minimum Gasteiger partial charge on any atom is -0.444 e. The Balaban J connectivity index is 1.99. The number of ether oxygens (including phenoxy) is 1. The Morgan fingerprint density at radius 3 is 2.67 bits per heavy atom. The molecule has 0 aliphatic heterocycles. The van der Waals surface area contributed by atoms with Gasteiger partial charge < -0.3 is 9.64 Å². The summed E-state index contributed by atoms with van der Waals surface area (Å²) in [6.45, 7) is 7.20. The number of hydrogen-bond donors (Lipinski definition) is 0. The van der Waals surface area contributed by atoms with Gasteiger partial charge in [0.1, 0.15) is 17.0 Å². The van der Waals surface area contributed by atoms with Crippen molar-refractivity contribution in [1.82, 2.24) is 24.9 Å². The van der Waals surface area contributed by atoms with Crippen molar-refractivity contribution < 1.29 is 13.9 Å². The van der Waals surface area contributed by atoms with Crippen molar-refractivity contribution in [2.45, 2.75) is 58.2 Å². The molecule has 1 atom stereocenters. The molecule has 9 heteroatoms. The van der Waals surface area contributed by atoms with Crippen molar-refractivity contribution in [1.29, 1.82) is 0 Å². The molecule has 2 heterocycles. The third-order valence-electron chi connectivity index (χ3n) is 4.29. The lowest BCUT2D eigenvalue weighted by atomic mass is 10.1. The molecule has 3 rings (SSSR count). The van der Waals surface area contributed by atoms with Gasteiger partial charge in [-0.15, -0.1) is 0 Å². The van der Waals surface area contributed by atoms with E-state index in [1.54, 1.807) is 39.5 Å². The number of carbonyl (C=O) groups excluding carboxylic acids is 1. The van der Waals surface area contributed by atoms with E-state index < -0.39 is 23.6 Å². The van der Waals surface area contributed by atoms with Gasteiger partial charge in [0, 0.05) is 18.8 Å². The number of rotatable bonds is 4. The Bertz CT molecular complexity index is 860. The molecule has 1 aliphatic rings. The first-order chi connectivity index (χ1) is 12.6. The zero-order valence-corrected chi connectivity index (χ0v) is 16.8. The average Bonchev–Trinajstić information content (AvgIpc) is 3.34. The predicted molar refractivity (Wildman–Crippen MR) is 98.9 cm³/mol. The number of halogens is 2. The number of carbonyl (C=O) groups is 1. The summed E-state index contributed by atoms with van der Waals surface area (Å²) in [4.78, 5) is 19.2. The molecular weight excluding hydrogens is 373 g/mol. The number of aromatic nitrogens is 4. The van der Waals surface area contributed by atoms with Crippen LogP contribution in [0.3, 0.4) is 0 Å². The van der Waals surface area contributed by atoms with Gasteiger partial charge in [-0.3, -0.25) is 0 Å². The fourth-order valence-electron chi connectivity index (χ4n) is 2.55. The highest BCUT2D eigenvalue weighted by Gasteiger charge is 2.33. The molecule has 1 fully saturated rings. The quantitative estimate of drug-likeness (QED) is 0.717. The average molecular weight is 396 g/mol. The number of hydrogen-bond acceptors (Lipinski definition) is 5. The molecule has 1 saturated carbocycles. The molecule has 0 aromatic carbocycles. The lowest BCUT2D eigenvalue weighted by Gasteiger charge is -2.28. The van der Waals surface area contributed by atoms with Crippen LogP contribution in [0.15, 0.2) is 12.3 Å². The highest BCUT2D eigenvalue weighted by Crippen LogP contribution is 2.37. The van der Waals surface area contributed by atoms with Crippen LogP contribution in [0.2, 0.25) is 5.15 Å². The highest BCUT2D eigenvalue weighted by atomic mass is 35.5. The van der Waals surface area contributed by atoms with Gasteiger partial charge in [-0.2, -0.15) is 15.0 Å². The zero-order chi connectivity index (χ0) is 19.9. The van der Waals surface area contributed by atoms with Crippen LogP contribution in [0, 0.1) is 5.82 Å². The molecule has 1 amide bonds. The van der Waals surface area contributed by atoms with E-state index in [4.69, 9.17) is 16.3 Å². The van der Waals surface area contributed by atoms with Gasteiger partial charge in [0.2, 0.25) is 0 Å². The van der Waals surface area contributed by atoms with Crippen molar-refractivity contribution in [3.05, 3.63) is 28.9 Å². The van der Waals surface area contributed by atoms with Gasteiger partial charge in [-0.05, 0) is 46.6 Å². The number of pyridine rings is 1. The van der Waals surface area contributed by atoms with Gasteiger partial charge >= 0.3 is 6.09 Å². The monoisotopic (exact) mass is 395 g/mol. The Labute approximate surface area is 162 Å². The first kappa shape index (κ1) is 19.5. The minimum absolute atomic E-state index is 0.205. The van der Waals surface area contributed by atoms with Crippen LogP contribution in [-0.4, -0.2) is 43.6 Å². The van der Waals surface area contributed by atoms with Crippen LogP contribution in [0.4, 0.5) is 9.18 Å². The molecule has 2 aromatic rings. The molecule has 27 heavy (non-hydrogen) atoms. The van der Waals surface area contributed by atoms with E-state index in [1.165, 1.54) is 17.2 Å². The van der Waals surface area contributed by atoms with Gasteiger partial charge in [-0.1, -0.05) is 11.6 Å². The van der Waals surface area contributed by atoms with Gasteiger partial charge in [0.15, 0.2) is 11.0 Å². The zero-order valence-electron chi connectivity index (χ0n) is 16.0. The van der Waals surface area contributed by atoms with Crippen LogP contribution in [0.5, 0.6) is 0 Å². The fraction of sp³-hybridized carbons (Fsp3) is 0.556. The predicted octanol–water partition coefficient (Wildman–Crippen LogP) is 4.40. The Morgan fingerprint density at radius 1 is 1.41 bits per heavy atom. The SMILES string of the molecule is CC(c1nn(C2CC2)nc1-c1ccnc(Cl)c1F)N(C)C(=O)OC(C)(C)C. The van der Waals surface area contributed by atoms with Crippen molar-refractivity contribution >= 4 is 17.7 Å². The van der Waals surface area contributed by atoms with Crippen molar-refractivity contribution in [2.75, 3.05) is 7.05 Å². The normalized spacial score (nSPS) is 15.5. The molecule has 0 spiro atoms. The third-order valence-corrected chi connectivity index (χ3v) is 4.55. The first-order valence-electron chi connectivity index (χ1n) is 8.81. The second kappa shape index (κ2) is 7.07. The topological polar surface area (TPSA) is 73.1 Å². The van der Waals surface area contributed by atoms with E-state index in [-0.39, 0.29) is 16.8 Å². The maximum atomic E-state index is 14.6. The van der Waals surface area contributed by atoms with E-state index >= 15 is 0 Å². The Kier molecular flexibility index (Phi) is 5.12. The summed E-state index contributed by atoms with van der Waals surface area (Å²) in [7, 11) is 1.62. The summed E-state index contributed by atoms with van der Waals surface area (Å²) in [5, 5.41) is 8.80. The van der Waals surface area contributed by atoms with E-state index in [2.05, 4.69) is 15.2 Å². The second-order valence-electron chi connectivity index (χ2n) is 7.72. The molecular formula is C18H23ClFN5O2. The lowest BCUT2D eigenvalue weighted by Crippen LogP contribution is -2.36. The summed E-state index contributed by atoms with van der Waals surface area (Å²) >= 11 is 5.84. The van der Waals surface area contributed by atoms with E-state index in [0.29, 0.717) is 11.4 Å². The molecule has 0 bridgehead atoms. The molecule has 146 valence electrons. The van der Waals surface area contributed by atoms with Gasteiger partial charge in [-0.25, -0.2) is 14.2 Å². The van der Waals surface area contributed by atoms with E-state index in [9.17, 15) is 9.18 Å². The van der Waals surface area contributed by atoms with E-state index in [1.807, 2.05) is 0 Å². The summed E-state index contributed by atoms with van der Waals surface area (Å²) in [5.74, 6) is -0.657. The van der Waals surface area contributed by atoms with Crippen LogP contribution >= 0.6 is 11.6 Å². The summed E-state index contributed by atoms with van der Waals surface area (Å²) < 4.78 is 20.0. The van der Waals surface area contributed by atoms with Gasteiger partial charge in [0.05, 0.1) is 12.1 Å². The van der Waals surface area contributed by atoms with Crippen molar-refractivity contribution in [3.63, 3.8) is 0 Å². The maximum absolute atomic E-state index is 14.6. The highest BCUT2D eigenvalue weighted by molar-refractivity contribution is 6.29. The molecule has 0 radical (unpaired) electrons. The fourth-order valence-corrected chi connectivity index (χ4v) is 2.71. The number of amides is 1. The smallest absolute Gasteiger partial charge is 0.410 e. The molecule has 1 aliphatic carbocycles. The van der Waals surface area contributed by atoms with Crippen LogP contribution < -0.4 is 0 Å². The number of nitrogens with zero attached hydrogens (tertiary/aromatic N) is 5. The largest absolute Gasteiger partial charge is 0.444 e. The van der Waals surface area contributed by atoms with Crippen LogP contribution in [0.1, 0.15) is 58.3 Å². The molecule has 0 saturated heterocycles. The van der Waals surface area contributed by atoms with Crippen molar-refractivity contribution in [2.24, 2.45) is 0 Å². The second-order valence-corrected chi connectivity index (χ2v) is 8.07. The van der Waals surface area contributed by atoms with E-state index in [0.717, 1.165) is 12.8 Å². The third kappa shape index (κ3) is 4.21. The molecule has 1 unspecified atom stereocenters. The molecule has 0 N–H and O–H groups in total. The summed E-state index contributed by atoms with van der Waals surface area (Å²) in [5.41, 5.74) is 0.425. The lowest BCUT2D eigenvalue weighted by molar-refractivity contribution is 0.0230. The minimum atomic E-state index is -0.657. The summed E-state index contributed by atoms with van der Waals surface area (Å²) in [6.07, 6.45) is 2.88. The Morgan fingerprint density at radius 2 is 2.07 bits per heavy atom. The van der Waals surface area contributed by atoms with Gasteiger partial charge in [0.25, 0.3) is 0 Å². The standard InChI is InChI=1S/C18H23ClFN5O2/c1-10(24(5)17(26)27-18(2,3)4)14-15(23-25(22-14)11-6-7-11)12-8-9-21-16(19)13(12)20/h8-11H,6-7H2,1-5H3. The Hall–Kier alpha value is -2.22.